The van der Waals surface area contributed by atoms with Crippen molar-refractivity contribution in [2.24, 2.45) is 0 Å². The number of nitrogens with one attached hydrogen (secondary N) is 2. The van der Waals surface area contributed by atoms with Gasteiger partial charge in [-0.25, -0.2) is 0 Å². The number of methoxy groups -OCH3 is 1. The van der Waals surface area contributed by atoms with E-state index in [1.807, 2.05) is 18.2 Å². The van der Waals surface area contributed by atoms with Crippen LogP contribution in [0.4, 0.5) is 0 Å². The van der Waals surface area contributed by atoms with E-state index in [2.05, 4.69) is 10.6 Å². The summed E-state index contributed by atoms with van der Waals surface area (Å²) in [5.41, 5.74) is 1.58. The van der Waals surface area contributed by atoms with E-state index in [9.17, 15) is 9.59 Å². The third kappa shape index (κ3) is 3.79. The molecule has 0 aliphatic carbocycles. The van der Waals surface area contributed by atoms with Crippen molar-refractivity contribution in [1.82, 2.24) is 10.6 Å². The first-order valence-electron chi connectivity index (χ1n) is 6.34. The highest BCUT2D eigenvalue weighted by Gasteiger charge is 2.20. The minimum Gasteiger partial charge on any atom is -0.380 e. The van der Waals surface area contributed by atoms with Crippen molar-refractivity contribution < 1.29 is 14.3 Å². The number of piperidine rings is 1. The van der Waals surface area contributed by atoms with Crippen LogP contribution in [-0.2, 0) is 16.1 Å². The average molecular weight is 262 g/mol. The van der Waals surface area contributed by atoms with Gasteiger partial charge >= 0.3 is 0 Å². The van der Waals surface area contributed by atoms with E-state index in [1.165, 1.54) is 0 Å². The summed E-state index contributed by atoms with van der Waals surface area (Å²) in [7, 11) is 1.62. The van der Waals surface area contributed by atoms with Crippen LogP contribution in [0.5, 0.6) is 0 Å². The maximum absolute atomic E-state index is 12.1. The van der Waals surface area contributed by atoms with E-state index in [4.69, 9.17) is 4.74 Å². The lowest BCUT2D eigenvalue weighted by molar-refractivity contribution is -0.122. The lowest BCUT2D eigenvalue weighted by Crippen LogP contribution is -2.47. The average Bonchev–Trinajstić information content (AvgIpc) is 2.42. The maximum Gasteiger partial charge on any atom is 0.251 e. The number of rotatable bonds is 4. The Morgan fingerprint density at radius 3 is 3.05 bits per heavy atom. The Kier molecular flexibility index (Phi) is 4.52. The fraction of sp³-hybridized carbons (Fsp3) is 0.429. The summed E-state index contributed by atoms with van der Waals surface area (Å²) in [6.45, 7) is 0.989. The zero-order chi connectivity index (χ0) is 13.7. The summed E-state index contributed by atoms with van der Waals surface area (Å²) in [6.07, 6.45) is 1.16. The van der Waals surface area contributed by atoms with Gasteiger partial charge in [-0.05, 0) is 24.1 Å². The van der Waals surface area contributed by atoms with Crippen LogP contribution in [0.25, 0.3) is 0 Å². The van der Waals surface area contributed by atoms with Gasteiger partial charge in [-0.3, -0.25) is 9.59 Å². The number of hydrogen-bond acceptors (Lipinski definition) is 3. The third-order valence-electron chi connectivity index (χ3n) is 3.10. The molecule has 0 spiro atoms. The molecule has 0 radical (unpaired) electrons. The molecule has 1 aliphatic heterocycles. The van der Waals surface area contributed by atoms with Crippen LogP contribution in [0.15, 0.2) is 24.3 Å². The molecule has 2 amide bonds. The van der Waals surface area contributed by atoms with Gasteiger partial charge in [-0.15, -0.1) is 0 Å². The molecular weight excluding hydrogens is 244 g/mol. The highest BCUT2D eigenvalue weighted by molar-refractivity contribution is 5.94. The van der Waals surface area contributed by atoms with Crippen LogP contribution in [0.3, 0.4) is 0 Å². The molecule has 1 saturated heterocycles. The summed E-state index contributed by atoms with van der Waals surface area (Å²) in [6, 6.07) is 7.36. The first-order chi connectivity index (χ1) is 9.19. The van der Waals surface area contributed by atoms with E-state index in [0.717, 1.165) is 5.56 Å². The first-order valence-corrected chi connectivity index (χ1v) is 6.34. The molecule has 0 saturated carbocycles. The molecule has 1 aromatic carbocycles. The smallest absolute Gasteiger partial charge is 0.251 e. The normalized spacial score (nSPS) is 18.8. The second-order valence-corrected chi connectivity index (χ2v) is 4.65. The third-order valence-corrected chi connectivity index (χ3v) is 3.10. The second kappa shape index (κ2) is 6.33. The monoisotopic (exact) mass is 262 g/mol. The molecule has 1 atom stereocenters. The highest BCUT2D eigenvalue weighted by Crippen LogP contribution is 2.08. The van der Waals surface area contributed by atoms with Gasteiger partial charge in [-0.2, -0.15) is 0 Å². The van der Waals surface area contributed by atoms with Gasteiger partial charge in [0.05, 0.1) is 6.61 Å². The van der Waals surface area contributed by atoms with Crippen molar-refractivity contribution >= 4 is 11.8 Å². The van der Waals surface area contributed by atoms with Gasteiger partial charge in [0.2, 0.25) is 5.91 Å². The lowest BCUT2D eigenvalue weighted by Gasteiger charge is -2.23. The molecule has 2 rings (SSSR count). The standard InChI is InChI=1S/C14H18N2O3/c1-19-9-10-3-2-4-11(7-10)14(18)16-12-5-6-13(17)15-8-12/h2-4,7,12H,5-6,8-9H2,1H3,(H,15,17)(H,16,18). The molecule has 102 valence electrons. The molecule has 1 fully saturated rings. The predicted octanol–water partition coefficient (Wildman–Crippen LogP) is 0.841. The highest BCUT2D eigenvalue weighted by atomic mass is 16.5. The molecule has 5 nitrogen and oxygen atoms in total. The summed E-state index contributed by atoms with van der Waals surface area (Å²) < 4.78 is 5.05. The van der Waals surface area contributed by atoms with Crippen LogP contribution >= 0.6 is 0 Å². The quantitative estimate of drug-likeness (QED) is 0.845. The lowest BCUT2D eigenvalue weighted by atomic mass is 10.1. The first kappa shape index (κ1) is 13.5. The summed E-state index contributed by atoms with van der Waals surface area (Å²) in [5, 5.41) is 5.68. The molecule has 1 aliphatic rings. The van der Waals surface area contributed by atoms with Crippen LogP contribution in [0, 0.1) is 0 Å². The van der Waals surface area contributed by atoms with Crippen molar-refractivity contribution in [1.29, 1.82) is 0 Å². The molecule has 1 heterocycles. The molecule has 1 unspecified atom stereocenters. The van der Waals surface area contributed by atoms with Gasteiger partial charge in [0.25, 0.3) is 5.91 Å². The van der Waals surface area contributed by atoms with Crippen molar-refractivity contribution in [3.05, 3.63) is 35.4 Å². The summed E-state index contributed by atoms with van der Waals surface area (Å²) in [4.78, 5) is 23.1. The molecule has 19 heavy (non-hydrogen) atoms. The molecule has 1 aromatic rings. The number of carbonyl (C=O) groups excluding carboxylic acids is 2. The van der Waals surface area contributed by atoms with Crippen LogP contribution in [0.2, 0.25) is 0 Å². The predicted molar refractivity (Wildman–Crippen MR) is 70.7 cm³/mol. The van der Waals surface area contributed by atoms with Gasteiger partial charge in [0.15, 0.2) is 0 Å². The number of amides is 2. The minimum atomic E-state index is -0.112. The van der Waals surface area contributed by atoms with Crippen molar-refractivity contribution in [2.45, 2.75) is 25.5 Å². The number of benzene rings is 1. The Morgan fingerprint density at radius 2 is 2.37 bits per heavy atom. The Labute approximate surface area is 112 Å². The second-order valence-electron chi connectivity index (χ2n) is 4.65. The van der Waals surface area contributed by atoms with E-state index in [-0.39, 0.29) is 17.9 Å². The van der Waals surface area contributed by atoms with Gasteiger partial charge in [0.1, 0.15) is 0 Å². The fourth-order valence-electron chi connectivity index (χ4n) is 2.09. The van der Waals surface area contributed by atoms with Crippen LogP contribution in [-0.4, -0.2) is 31.5 Å². The van der Waals surface area contributed by atoms with Crippen molar-refractivity contribution in [3.8, 4) is 0 Å². The number of hydrogen-bond donors (Lipinski definition) is 2. The molecule has 5 heteroatoms. The zero-order valence-corrected chi connectivity index (χ0v) is 10.9. The van der Waals surface area contributed by atoms with E-state index >= 15 is 0 Å². The maximum atomic E-state index is 12.1. The Morgan fingerprint density at radius 1 is 1.53 bits per heavy atom. The SMILES string of the molecule is COCc1cccc(C(=O)NC2CCC(=O)NC2)c1. The molecule has 0 bridgehead atoms. The van der Waals surface area contributed by atoms with Gasteiger partial charge in [0, 0.05) is 31.7 Å². The number of ether oxygens (including phenoxy) is 1. The van der Waals surface area contributed by atoms with Gasteiger partial charge in [-0.1, -0.05) is 12.1 Å². The van der Waals surface area contributed by atoms with E-state index < -0.39 is 0 Å². The summed E-state index contributed by atoms with van der Waals surface area (Å²) in [5.74, 6) is -0.0632. The zero-order valence-electron chi connectivity index (χ0n) is 10.9. The van der Waals surface area contributed by atoms with Crippen molar-refractivity contribution in [2.75, 3.05) is 13.7 Å². The van der Waals surface area contributed by atoms with Crippen LogP contribution < -0.4 is 10.6 Å². The van der Waals surface area contributed by atoms with E-state index in [1.54, 1.807) is 13.2 Å². The molecule has 2 N–H and O–H groups in total. The van der Waals surface area contributed by atoms with E-state index in [0.29, 0.717) is 31.6 Å². The Bertz CT molecular complexity index is 464. The Hall–Kier alpha value is -1.88. The Balaban J connectivity index is 1.95. The number of carbonyl (C=O) groups is 2. The summed E-state index contributed by atoms with van der Waals surface area (Å²) >= 11 is 0. The van der Waals surface area contributed by atoms with Crippen molar-refractivity contribution in [3.63, 3.8) is 0 Å². The molecular formula is C14H18N2O3. The van der Waals surface area contributed by atoms with Crippen LogP contribution in [0.1, 0.15) is 28.8 Å². The largest absolute Gasteiger partial charge is 0.380 e. The molecule has 0 aromatic heterocycles. The topological polar surface area (TPSA) is 67.4 Å². The fourth-order valence-corrected chi connectivity index (χ4v) is 2.09. The minimum absolute atomic E-state index is 0.0104. The van der Waals surface area contributed by atoms with Gasteiger partial charge < -0.3 is 15.4 Å².